The first-order valence-electron chi connectivity index (χ1n) is 5.39. The van der Waals surface area contributed by atoms with Gasteiger partial charge in [-0.2, -0.15) is 0 Å². The van der Waals surface area contributed by atoms with E-state index in [1.54, 1.807) is 24.3 Å². The number of hydrogen-bond acceptors (Lipinski definition) is 4. The minimum Gasteiger partial charge on any atom is -0.455 e. The van der Waals surface area contributed by atoms with Gasteiger partial charge >= 0.3 is 0 Å². The van der Waals surface area contributed by atoms with Gasteiger partial charge in [-0.15, -0.1) is 0 Å². The minimum absolute atomic E-state index is 0.253. The second kappa shape index (κ2) is 5.22. The number of sulfone groups is 1. The molecule has 2 N–H and O–H groups in total. The van der Waals surface area contributed by atoms with Crippen LogP contribution in [0, 0.1) is 0 Å². The number of rotatable bonds is 3. The lowest BCUT2D eigenvalue weighted by Gasteiger charge is -2.09. The van der Waals surface area contributed by atoms with Crippen molar-refractivity contribution in [3.8, 4) is 11.5 Å². The fourth-order valence-corrected chi connectivity index (χ4v) is 2.50. The molecule has 0 aromatic heterocycles. The van der Waals surface area contributed by atoms with Gasteiger partial charge in [0, 0.05) is 10.7 Å². The summed E-state index contributed by atoms with van der Waals surface area (Å²) in [4.78, 5) is 0.253. The summed E-state index contributed by atoms with van der Waals surface area (Å²) in [6, 6.07) is 11.5. The molecular weight excluding hydrogens is 330 g/mol. The average molecular weight is 342 g/mol. The first-order valence-corrected chi connectivity index (χ1v) is 8.08. The lowest BCUT2D eigenvalue weighted by atomic mass is 10.3. The Labute approximate surface area is 120 Å². The van der Waals surface area contributed by atoms with Crippen molar-refractivity contribution in [2.75, 3.05) is 12.0 Å². The predicted octanol–water partition coefficient (Wildman–Crippen LogP) is 3.23. The molecule has 0 spiro atoms. The molecule has 0 atom stereocenters. The van der Waals surface area contributed by atoms with Crippen LogP contribution in [-0.2, 0) is 9.84 Å². The van der Waals surface area contributed by atoms with Gasteiger partial charge in [-0.25, -0.2) is 8.42 Å². The predicted molar refractivity (Wildman–Crippen MR) is 78.2 cm³/mol. The number of benzene rings is 2. The van der Waals surface area contributed by atoms with Gasteiger partial charge in [-0.3, -0.25) is 0 Å². The summed E-state index contributed by atoms with van der Waals surface area (Å²) in [7, 11) is -3.19. The lowest BCUT2D eigenvalue weighted by molar-refractivity contribution is 0.484. The summed E-state index contributed by atoms with van der Waals surface area (Å²) in [5, 5.41) is 0. The smallest absolute Gasteiger partial charge is 0.175 e. The van der Waals surface area contributed by atoms with Gasteiger partial charge in [0.1, 0.15) is 11.5 Å². The Hall–Kier alpha value is -1.53. The van der Waals surface area contributed by atoms with E-state index in [2.05, 4.69) is 15.9 Å². The zero-order valence-electron chi connectivity index (χ0n) is 10.1. The Kier molecular flexibility index (Phi) is 3.82. The molecule has 0 unspecified atom stereocenters. The summed E-state index contributed by atoms with van der Waals surface area (Å²) < 4.78 is 29.1. The van der Waals surface area contributed by atoms with Crippen LogP contribution in [-0.4, -0.2) is 14.7 Å². The van der Waals surface area contributed by atoms with Gasteiger partial charge in [-0.05, 0) is 42.5 Å². The van der Waals surface area contributed by atoms with Gasteiger partial charge in [0.25, 0.3) is 0 Å². The van der Waals surface area contributed by atoms with E-state index in [-0.39, 0.29) is 4.90 Å². The first kappa shape index (κ1) is 13.9. The average Bonchev–Trinajstić information content (AvgIpc) is 2.32. The molecule has 19 heavy (non-hydrogen) atoms. The Bertz CT molecular complexity index is 696. The van der Waals surface area contributed by atoms with E-state index in [0.717, 1.165) is 10.7 Å². The van der Waals surface area contributed by atoms with E-state index >= 15 is 0 Å². The Morgan fingerprint density at radius 2 is 1.74 bits per heavy atom. The van der Waals surface area contributed by atoms with E-state index in [9.17, 15) is 8.42 Å². The molecule has 4 nitrogen and oxygen atoms in total. The van der Waals surface area contributed by atoms with E-state index in [4.69, 9.17) is 10.5 Å². The first-order chi connectivity index (χ1) is 8.86. The van der Waals surface area contributed by atoms with Crippen LogP contribution in [0.3, 0.4) is 0 Å². The van der Waals surface area contributed by atoms with Crippen LogP contribution in [0.1, 0.15) is 0 Å². The molecule has 0 saturated carbocycles. The normalized spacial score (nSPS) is 11.3. The molecule has 2 aromatic carbocycles. The molecule has 100 valence electrons. The van der Waals surface area contributed by atoms with Crippen molar-refractivity contribution in [2.24, 2.45) is 0 Å². The van der Waals surface area contributed by atoms with Crippen LogP contribution in [0.2, 0.25) is 0 Å². The number of nitrogens with two attached hydrogens (primary N) is 1. The molecule has 0 amide bonds. The maximum absolute atomic E-state index is 11.3. The number of hydrogen-bond donors (Lipinski definition) is 1. The number of ether oxygens (including phenoxy) is 1. The van der Waals surface area contributed by atoms with Gasteiger partial charge in [0.2, 0.25) is 0 Å². The molecule has 2 rings (SSSR count). The van der Waals surface area contributed by atoms with Gasteiger partial charge in [0.05, 0.1) is 10.6 Å². The second-order valence-corrected chi connectivity index (χ2v) is 6.96. The molecule has 0 radical (unpaired) electrons. The third-order valence-corrected chi connectivity index (χ3v) is 4.07. The number of anilines is 1. The van der Waals surface area contributed by atoms with Crippen molar-refractivity contribution in [1.29, 1.82) is 0 Å². The van der Waals surface area contributed by atoms with Gasteiger partial charge in [0.15, 0.2) is 9.84 Å². The summed E-state index contributed by atoms with van der Waals surface area (Å²) >= 11 is 3.31. The highest BCUT2D eigenvalue weighted by Gasteiger charge is 2.07. The summed E-state index contributed by atoms with van der Waals surface area (Å²) in [5.41, 5.74) is 6.32. The van der Waals surface area contributed by atoms with Crippen LogP contribution < -0.4 is 10.5 Å². The van der Waals surface area contributed by atoms with Crippen LogP contribution in [0.25, 0.3) is 0 Å². The molecule has 6 heteroatoms. The standard InChI is InChI=1S/C13H12BrNO3S/c1-19(16,17)11-5-3-10(4-6-11)18-13-7-2-9(14)8-12(13)15/h2-8H,15H2,1H3. The Balaban J connectivity index is 2.25. The van der Waals surface area contributed by atoms with E-state index in [0.29, 0.717) is 17.2 Å². The highest BCUT2D eigenvalue weighted by molar-refractivity contribution is 9.10. The minimum atomic E-state index is -3.19. The van der Waals surface area contributed by atoms with Crippen LogP contribution in [0.15, 0.2) is 51.8 Å². The largest absolute Gasteiger partial charge is 0.455 e. The second-order valence-electron chi connectivity index (χ2n) is 4.03. The SMILES string of the molecule is CS(=O)(=O)c1ccc(Oc2ccc(Br)cc2N)cc1. The lowest BCUT2D eigenvalue weighted by Crippen LogP contribution is -1.97. The quantitative estimate of drug-likeness (QED) is 0.870. The molecule has 0 saturated heterocycles. The molecule has 0 fully saturated rings. The summed E-state index contributed by atoms with van der Waals surface area (Å²) in [6.45, 7) is 0. The van der Waals surface area contributed by atoms with Crippen LogP contribution in [0.4, 0.5) is 5.69 Å². The highest BCUT2D eigenvalue weighted by Crippen LogP contribution is 2.30. The van der Waals surface area contributed by atoms with Gasteiger partial charge in [-0.1, -0.05) is 15.9 Å². The maximum Gasteiger partial charge on any atom is 0.175 e. The van der Waals surface area contributed by atoms with Crippen molar-refractivity contribution in [1.82, 2.24) is 0 Å². The van der Waals surface area contributed by atoms with E-state index < -0.39 is 9.84 Å². The number of nitrogen functional groups attached to an aromatic ring is 1. The Morgan fingerprint density at radius 1 is 1.11 bits per heavy atom. The third-order valence-electron chi connectivity index (χ3n) is 2.45. The Morgan fingerprint density at radius 3 is 2.26 bits per heavy atom. The molecule has 0 bridgehead atoms. The zero-order chi connectivity index (χ0) is 14.0. The van der Waals surface area contributed by atoms with E-state index in [1.807, 2.05) is 6.07 Å². The van der Waals surface area contributed by atoms with Crippen molar-refractivity contribution in [2.45, 2.75) is 4.90 Å². The summed E-state index contributed by atoms with van der Waals surface area (Å²) in [5.74, 6) is 1.05. The molecule has 2 aromatic rings. The van der Waals surface area contributed by atoms with Crippen molar-refractivity contribution in [3.63, 3.8) is 0 Å². The zero-order valence-corrected chi connectivity index (χ0v) is 12.5. The maximum atomic E-state index is 11.3. The molecular formula is C13H12BrNO3S. The molecule has 0 aliphatic carbocycles. The van der Waals surface area contributed by atoms with Crippen molar-refractivity contribution < 1.29 is 13.2 Å². The van der Waals surface area contributed by atoms with Crippen molar-refractivity contribution in [3.05, 3.63) is 46.9 Å². The van der Waals surface area contributed by atoms with Crippen LogP contribution in [0.5, 0.6) is 11.5 Å². The van der Waals surface area contributed by atoms with Gasteiger partial charge < -0.3 is 10.5 Å². The molecule has 0 aliphatic rings. The van der Waals surface area contributed by atoms with Crippen LogP contribution >= 0.6 is 15.9 Å². The highest BCUT2D eigenvalue weighted by atomic mass is 79.9. The topological polar surface area (TPSA) is 69.4 Å². The fourth-order valence-electron chi connectivity index (χ4n) is 1.49. The summed E-state index contributed by atoms with van der Waals surface area (Å²) in [6.07, 6.45) is 1.16. The van der Waals surface area contributed by atoms with Crippen molar-refractivity contribution >= 4 is 31.5 Å². The van der Waals surface area contributed by atoms with E-state index in [1.165, 1.54) is 12.1 Å². The molecule has 0 heterocycles. The monoisotopic (exact) mass is 341 g/mol. The fraction of sp³-hybridized carbons (Fsp3) is 0.0769. The molecule has 0 aliphatic heterocycles. The number of halogens is 1. The third kappa shape index (κ3) is 3.48.